The highest BCUT2D eigenvalue weighted by atomic mass is 32.1. The molecule has 2 rings (SSSR count). The summed E-state index contributed by atoms with van der Waals surface area (Å²) < 4.78 is -0.0571. The van der Waals surface area contributed by atoms with E-state index in [0.29, 0.717) is 5.13 Å². The maximum absolute atomic E-state index is 11.7. The van der Waals surface area contributed by atoms with Gasteiger partial charge < -0.3 is 10.1 Å². The highest BCUT2D eigenvalue weighted by molar-refractivity contribution is 7.71. The van der Waals surface area contributed by atoms with Crippen LogP contribution in [0.3, 0.4) is 0 Å². The summed E-state index contributed by atoms with van der Waals surface area (Å²) in [6.45, 7) is 0. The Morgan fingerprint density at radius 3 is 2.88 bits per heavy atom. The number of aromatic hydroxyl groups is 1. The number of hydrogen-bond donors (Lipinski definition) is 4. The van der Waals surface area contributed by atoms with Gasteiger partial charge in [-0.25, -0.2) is 4.98 Å². The molecule has 1 amide bonds. The molecule has 0 unspecified atom stereocenters. The Morgan fingerprint density at radius 1 is 1.53 bits per heavy atom. The van der Waals surface area contributed by atoms with Crippen molar-refractivity contribution in [2.45, 2.75) is 0 Å². The van der Waals surface area contributed by atoms with E-state index in [1.807, 2.05) is 0 Å². The van der Waals surface area contributed by atoms with Crippen LogP contribution < -0.4 is 10.9 Å². The van der Waals surface area contributed by atoms with E-state index in [1.54, 1.807) is 5.38 Å². The van der Waals surface area contributed by atoms with Crippen molar-refractivity contribution in [1.82, 2.24) is 15.0 Å². The normalized spacial score (nSPS) is 10.1. The van der Waals surface area contributed by atoms with Crippen LogP contribution in [-0.2, 0) is 0 Å². The van der Waals surface area contributed by atoms with Crippen molar-refractivity contribution in [3.63, 3.8) is 0 Å². The maximum Gasteiger partial charge on any atom is 0.268 e. The molecule has 2 aromatic rings. The highest BCUT2D eigenvalue weighted by Crippen LogP contribution is 2.14. The summed E-state index contributed by atoms with van der Waals surface area (Å²) in [5.41, 5.74) is -1.20. The van der Waals surface area contributed by atoms with Gasteiger partial charge in [-0.15, -0.1) is 11.3 Å². The lowest BCUT2D eigenvalue weighted by Gasteiger charge is -2.02. The van der Waals surface area contributed by atoms with Crippen LogP contribution in [0.2, 0.25) is 0 Å². The van der Waals surface area contributed by atoms with E-state index in [1.165, 1.54) is 17.5 Å². The molecule has 0 saturated heterocycles. The van der Waals surface area contributed by atoms with Gasteiger partial charge in [-0.3, -0.25) is 19.9 Å². The quantitative estimate of drug-likeness (QED) is 0.604. The topological polar surface area (TPSA) is 111 Å². The van der Waals surface area contributed by atoms with Crippen LogP contribution in [-0.4, -0.2) is 26.0 Å². The van der Waals surface area contributed by atoms with Gasteiger partial charge in [-0.1, -0.05) is 0 Å². The number of amides is 1. The number of H-pyrrole nitrogens is 2. The standard InChI is InChI=1S/C8H6N4O3S2/c13-4-3(5(14)11-7(16)10-4)6(15)12-8-9-1-2-17-8/h1-2H,(H,9,12,15)(H3,10,11,13,14,16). The van der Waals surface area contributed by atoms with Gasteiger partial charge in [0.05, 0.1) is 0 Å². The van der Waals surface area contributed by atoms with Crippen molar-refractivity contribution in [3.8, 4) is 5.88 Å². The first-order valence-corrected chi connectivity index (χ1v) is 5.63. The number of hydrogen-bond acceptors (Lipinski definition) is 6. The number of aromatic amines is 2. The Kier molecular flexibility index (Phi) is 3.02. The van der Waals surface area contributed by atoms with Gasteiger partial charge in [0.2, 0.25) is 5.88 Å². The lowest BCUT2D eigenvalue weighted by atomic mass is 10.3. The van der Waals surface area contributed by atoms with Crippen LogP contribution in [0.1, 0.15) is 10.4 Å². The van der Waals surface area contributed by atoms with E-state index in [0.717, 1.165) is 0 Å². The third-order valence-electron chi connectivity index (χ3n) is 1.80. The fraction of sp³-hybridized carbons (Fsp3) is 0. The van der Waals surface area contributed by atoms with Crippen molar-refractivity contribution in [3.05, 3.63) is 32.3 Å². The minimum atomic E-state index is -0.764. The van der Waals surface area contributed by atoms with Crippen LogP contribution in [0.15, 0.2) is 16.4 Å². The van der Waals surface area contributed by atoms with E-state index in [9.17, 15) is 14.7 Å². The Labute approximate surface area is 103 Å². The van der Waals surface area contributed by atoms with Gasteiger partial charge >= 0.3 is 0 Å². The Bertz CT molecular complexity index is 658. The lowest BCUT2D eigenvalue weighted by molar-refractivity contribution is 0.102. The summed E-state index contributed by atoms with van der Waals surface area (Å²) in [6.07, 6.45) is 1.50. The predicted molar refractivity (Wildman–Crippen MR) is 64.0 cm³/mol. The predicted octanol–water partition coefficient (Wildman–Crippen LogP) is 0.847. The summed E-state index contributed by atoms with van der Waals surface area (Å²) in [7, 11) is 0. The Balaban J connectivity index is 2.38. The zero-order valence-corrected chi connectivity index (χ0v) is 9.82. The van der Waals surface area contributed by atoms with Gasteiger partial charge in [-0.2, -0.15) is 0 Å². The molecule has 2 heterocycles. The van der Waals surface area contributed by atoms with Gasteiger partial charge in [0.25, 0.3) is 11.5 Å². The summed E-state index contributed by atoms with van der Waals surface area (Å²) in [6, 6.07) is 0. The summed E-state index contributed by atoms with van der Waals surface area (Å²) in [5, 5.41) is 13.8. The Hall–Kier alpha value is -2.00. The van der Waals surface area contributed by atoms with Crippen LogP contribution in [0, 0.1) is 4.77 Å². The number of carbonyl (C=O) groups excluding carboxylic acids is 1. The molecule has 17 heavy (non-hydrogen) atoms. The summed E-state index contributed by atoms with van der Waals surface area (Å²) >= 11 is 5.83. The number of anilines is 1. The number of rotatable bonds is 2. The molecular formula is C8H6N4O3S2. The van der Waals surface area contributed by atoms with Crippen molar-refractivity contribution in [1.29, 1.82) is 0 Å². The van der Waals surface area contributed by atoms with Crippen LogP contribution in [0.25, 0.3) is 0 Å². The molecule has 0 spiro atoms. The zero-order valence-electron chi connectivity index (χ0n) is 8.18. The number of carbonyl (C=O) groups is 1. The second kappa shape index (κ2) is 4.47. The second-order valence-corrected chi connectivity index (χ2v) is 4.23. The first kappa shape index (κ1) is 11.5. The summed E-state index contributed by atoms with van der Waals surface area (Å²) in [4.78, 5) is 31.4. The lowest BCUT2D eigenvalue weighted by Crippen LogP contribution is -2.24. The minimum absolute atomic E-state index is 0.0571. The smallest absolute Gasteiger partial charge is 0.268 e. The average molecular weight is 270 g/mol. The number of nitrogens with zero attached hydrogens (tertiary/aromatic N) is 1. The number of aromatic nitrogens is 3. The van der Waals surface area contributed by atoms with E-state index < -0.39 is 22.9 Å². The van der Waals surface area contributed by atoms with Crippen molar-refractivity contribution >= 4 is 34.6 Å². The summed E-state index contributed by atoms with van der Waals surface area (Å²) in [5.74, 6) is -1.34. The molecule has 2 aromatic heterocycles. The highest BCUT2D eigenvalue weighted by Gasteiger charge is 2.17. The third kappa shape index (κ3) is 2.40. The molecule has 0 bridgehead atoms. The van der Waals surface area contributed by atoms with Crippen LogP contribution in [0.4, 0.5) is 5.13 Å². The van der Waals surface area contributed by atoms with Gasteiger partial charge in [0.1, 0.15) is 0 Å². The van der Waals surface area contributed by atoms with E-state index in [4.69, 9.17) is 0 Å². The minimum Gasteiger partial charge on any atom is -0.494 e. The number of thiazole rings is 1. The largest absolute Gasteiger partial charge is 0.494 e. The molecule has 88 valence electrons. The molecule has 9 heteroatoms. The third-order valence-corrected chi connectivity index (χ3v) is 2.70. The van der Waals surface area contributed by atoms with Crippen LogP contribution >= 0.6 is 23.6 Å². The Morgan fingerprint density at radius 2 is 2.29 bits per heavy atom. The molecule has 0 saturated carbocycles. The molecule has 4 N–H and O–H groups in total. The first-order chi connectivity index (χ1) is 8.08. The van der Waals surface area contributed by atoms with E-state index in [2.05, 4.69) is 32.5 Å². The molecule has 7 nitrogen and oxygen atoms in total. The molecule has 0 fully saturated rings. The van der Waals surface area contributed by atoms with E-state index >= 15 is 0 Å². The second-order valence-electron chi connectivity index (χ2n) is 2.92. The van der Waals surface area contributed by atoms with Gasteiger partial charge in [0, 0.05) is 11.6 Å². The first-order valence-electron chi connectivity index (χ1n) is 4.34. The van der Waals surface area contributed by atoms with Gasteiger partial charge in [0.15, 0.2) is 15.5 Å². The fourth-order valence-electron chi connectivity index (χ4n) is 1.13. The molecule has 0 aliphatic rings. The van der Waals surface area contributed by atoms with Crippen molar-refractivity contribution in [2.75, 3.05) is 5.32 Å². The van der Waals surface area contributed by atoms with E-state index in [-0.39, 0.29) is 4.77 Å². The van der Waals surface area contributed by atoms with Crippen molar-refractivity contribution in [2.24, 2.45) is 0 Å². The number of nitrogens with one attached hydrogen (secondary N) is 3. The SMILES string of the molecule is O=C(Nc1nccs1)c1c(O)[nH]c(=S)[nH]c1=O. The molecular weight excluding hydrogens is 264 g/mol. The zero-order chi connectivity index (χ0) is 12.4. The average Bonchev–Trinajstić information content (AvgIpc) is 2.68. The molecule has 0 atom stereocenters. The molecule has 0 aliphatic carbocycles. The monoisotopic (exact) mass is 270 g/mol. The van der Waals surface area contributed by atoms with Crippen molar-refractivity contribution < 1.29 is 9.90 Å². The molecule has 0 radical (unpaired) electrons. The maximum atomic E-state index is 11.7. The molecule has 0 aliphatic heterocycles. The van der Waals surface area contributed by atoms with Gasteiger partial charge in [-0.05, 0) is 12.2 Å². The molecule has 0 aromatic carbocycles. The fourth-order valence-corrected chi connectivity index (χ4v) is 1.84. The van der Waals surface area contributed by atoms with Crippen LogP contribution in [0.5, 0.6) is 5.88 Å².